The smallest absolute Gasteiger partial charge is 0.335 e. The quantitative estimate of drug-likeness (QED) is 0.298. The Kier molecular flexibility index (Phi) is 5.97. The van der Waals surface area contributed by atoms with Gasteiger partial charge in [0.05, 0.1) is 5.69 Å². The second kappa shape index (κ2) is 9.24. The molecule has 0 spiro atoms. The zero-order valence-electron chi connectivity index (χ0n) is 19.0. The van der Waals surface area contributed by atoms with Crippen LogP contribution in [0.4, 0.5) is 10.5 Å². The van der Waals surface area contributed by atoms with E-state index in [1.165, 1.54) is 0 Å². The van der Waals surface area contributed by atoms with Crippen molar-refractivity contribution >= 4 is 52.1 Å². The minimum atomic E-state index is -0.758. The predicted molar refractivity (Wildman–Crippen MR) is 137 cm³/mol. The maximum absolute atomic E-state index is 13.3. The second-order valence-electron chi connectivity index (χ2n) is 8.33. The van der Waals surface area contributed by atoms with E-state index in [0.29, 0.717) is 22.8 Å². The fourth-order valence-corrected chi connectivity index (χ4v) is 4.36. The molecule has 0 saturated carbocycles. The number of benzene rings is 3. The molecular formula is C28H22ClN3O3. The number of hydrogen-bond donors (Lipinski definition) is 1. The van der Waals surface area contributed by atoms with Crippen molar-refractivity contribution in [3.8, 4) is 0 Å². The molecule has 4 amide bonds. The number of aromatic nitrogens is 1. The average Bonchev–Trinajstić information content (AvgIpc) is 3.20. The number of aryl methyl sites for hydroxylation is 1. The van der Waals surface area contributed by atoms with Gasteiger partial charge in [0.1, 0.15) is 5.57 Å². The number of nitrogens with zero attached hydrogens (tertiary/aromatic N) is 2. The molecular weight excluding hydrogens is 462 g/mol. The third-order valence-electron chi connectivity index (χ3n) is 6.09. The molecule has 0 unspecified atom stereocenters. The Hall–Kier alpha value is -4.16. The molecule has 0 atom stereocenters. The Morgan fingerprint density at radius 2 is 1.57 bits per heavy atom. The molecule has 7 heteroatoms. The lowest BCUT2D eigenvalue weighted by Gasteiger charge is -2.26. The highest BCUT2D eigenvalue weighted by Gasteiger charge is 2.37. The Morgan fingerprint density at radius 1 is 0.886 bits per heavy atom. The molecule has 0 bridgehead atoms. The van der Waals surface area contributed by atoms with Crippen LogP contribution in [-0.4, -0.2) is 22.4 Å². The normalized spacial score (nSPS) is 15.2. The van der Waals surface area contributed by atoms with Gasteiger partial charge in [0.25, 0.3) is 11.8 Å². The first-order valence-corrected chi connectivity index (χ1v) is 11.6. The van der Waals surface area contributed by atoms with Crippen molar-refractivity contribution in [2.75, 3.05) is 4.90 Å². The Labute approximate surface area is 207 Å². The summed E-state index contributed by atoms with van der Waals surface area (Å²) in [4.78, 5) is 39.6. The summed E-state index contributed by atoms with van der Waals surface area (Å²) in [6.07, 6.45) is 4.30. The number of anilines is 1. The van der Waals surface area contributed by atoms with Gasteiger partial charge in [-0.2, -0.15) is 0 Å². The standard InChI is InChI=1S/C28H22ClN3O3/c1-2-18-9-13-22(14-10-18)32-27(34)24(26(33)30-28(32)35)15-20-17-31(25-6-4-3-5-23(20)25)16-19-7-11-21(29)12-8-19/h3-15,17H,2,16H2,1H3,(H,30,33,35). The molecule has 2 heterocycles. The highest BCUT2D eigenvalue weighted by atomic mass is 35.5. The lowest BCUT2D eigenvalue weighted by molar-refractivity contribution is -0.122. The molecule has 3 aromatic carbocycles. The van der Waals surface area contributed by atoms with Gasteiger partial charge < -0.3 is 4.57 Å². The number of carbonyl (C=O) groups is 3. The molecule has 174 valence electrons. The minimum Gasteiger partial charge on any atom is -0.342 e. The van der Waals surface area contributed by atoms with Crippen LogP contribution in [0.2, 0.25) is 5.02 Å². The fourth-order valence-electron chi connectivity index (χ4n) is 4.24. The molecule has 1 N–H and O–H groups in total. The Morgan fingerprint density at radius 3 is 2.29 bits per heavy atom. The number of urea groups is 1. The molecule has 35 heavy (non-hydrogen) atoms. The molecule has 0 aliphatic carbocycles. The van der Waals surface area contributed by atoms with Crippen LogP contribution < -0.4 is 10.2 Å². The monoisotopic (exact) mass is 483 g/mol. The van der Waals surface area contributed by atoms with Crippen LogP contribution in [0.5, 0.6) is 0 Å². The lowest BCUT2D eigenvalue weighted by Crippen LogP contribution is -2.54. The molecule has 6 nitrogen and oxygen atoms in total. The van der Waals surface area contributed by atoms with Crippen molar-refractivity contribution in [2.45, 2.75) is 19.9 Å². The summed E-state index contributed by atoms with van der Waals surface area (Å²) in [6, 6.07) is 21.8. The van der Waals surface area contributed by atoms with E-state index in [-0.39, 0.29) is 5.57 Å². The number of amides is 4. The summed E-state index contributed by atoms with van der Waals surface area (Å²) in [6.45, 7) is 2.62. The molecule has 1 aliphatic rings. The van der Waals surface area contributed by atoms with Gasteiger partial charge in [-0.15, -0.1) is 0 Å². The van der Waals surface area contributed by atoms with Crippen molar-refractivity contribution in [3.05, 3.63) is 106 Å². The molecule has 0 radical (unpaired) electrons. The van der Waals surface area contributed by atoms with Crippen LogP contribution >= 0.6 is 11.6 Å². The maximum atomic E-state index is 13.3. The fraction of sp³-hybridized carbons (Fsp3) is 0.107. The van der Waals surface area contributed by atoms with E-state index in [9.17, 15) is 14.4 Å². The first-order chi connectivity index (χ1) is 16.9. The zero-order chi connectivity index (χ0) is 24.5. The summed E-state index contributed by atoms with van der Waals surface area (Å²) in [5.74, 6) is -1.37. The zero-order valence-corrected chi connectivity index (χ0v) is 19.8. The number of imide groups is 2. The van der Waals surface area contributed by atoms with Gasteiger partial charge in [0.2, 0.25) is 0 Å². The Balaban J connectivity index is 1.54. The van der Waals surface area contributed by atoms with Gasteiger partial charge >= 0.3 is 6.03 Å². The van der Waals surface area contributed by atoms with E-state index in [0.717, 1.165) is 33.4 Å². The van der Waals surface area contributed by atoms with Crippen LogP contribution in [0.3, 0.4) is 0 Å². The highest BCUT2D eigenvalue weighted by Crippen LogP contribution is 2.27. The van der Waals surface area contributed by atoms with E-state index >= 15 is 0 Å². The van der Waals surface area contributed by atoms with Gasteiger partial charge in [-0.25, -0.2) is 9.69 Å². The van der Waals surface area contributed by atoms with Gasteiger partial charge in [-0.05, 0) is 54.0 Å². The van der Waals surface area contributed by atoms with E-state index in [2.05, 4.69) is 9.88 Å². The molecule has 1 fully saturated rings. The predicted octanol–water partition coefficient (Wildman–Crippen LogP) is 5.57. The molecule has 1 aliphatic heterocycles. The number of rotatable bonds is 5. The van der Waals surface area contributed by atoms with Crippen molar-refractivity contribution < 1.29 is 14.4 Å². The first-order valence-electron chi connectivity index (χ1n) is 11.3. The number of carbonyl (C=O) groups excluding carboxylic acids is 3. The average molecular weight is 484 g/mol. The van der Waals surface area contributed by atoms with Gasteiger partial charge in [-0.3, -0.25) is 14.9 Å². The van der Waals surface area contributed by atoms with Crippen molar-refractivity contribution in [1.82, 2.24) is 9.88 Å². The summed E-state index contributed by atoms with van der Waals surface area (Å²) in [5.41, 5.74) is 4.13. The van der Waals surface area contributed by atoms with E-state index in [4.69, 9.17) is 11.6 Å². The largest absolute Gasteiger partial charge is 0.342 e. The third kappa shape index (κ3) is 4.36. The number of nitrogens with one attached hydrogen (secondary N) is 1. The van der Waals surface area contributed by atoms with Crippen LogP contribution in [0.25, 0.3) is 17.0 Å². The van der Waals surface area contributed by atoms with Crippen LogP contribution in [0.15, 0.2) is 84.6 Å². The van der Waals surface area contributed by atoms with Crippen molar-refractivity contribution in [3.63, 3.8) is 0 Å². The Bertz CT molecular complexity index is 1480. The topological polar surface area (TPSA) is 71.4 Å². The minimum absolute atomic E-state index is 0.0986. The number of para-hydroxylation sites is 1. The van der Waals surface area contributed by atoms with E-state index in [1.54, 1.807) is 18.2 Å². The van der Waals surface area contributed by atoms with Crippen LogP contribution in [0, 0.1) is 0 Å². The summed E-state index contributed by atoms with van der Waals surface area (Å²) in [7, 11) is 0. The third-order valence-corrected chi connectivity index (χ3v) is 6.34. The summed E-state index contributed by atoms with van der Waals surface area (Å²) >= 11 is 6.02. The second-order valence-corrected chi connectivity index (χ2v) is 8.77. The van der Waals surface area contributed by atoms with Crippen LogP contribution in [-0.2, 0) is 22.6 Å². The van der Waals surface area contributed by atoms with Gasteiger partial charge in [0, 0.05) is 34.2 Å². The lowest BCUT2D eigenvalue weighted by atomic mass is 10.1. The van der Waals surface area contributed by atoms with Gasteiger partial charge in [-0.1, -0.05) is 61.0 Å². The maximum Gasteiger partial charge on any atom is 0.335 e. The van der Waals surface area contributed by atoms with Crippen molar-refractivity contribution in [2.24, 2.45) is 0 Å². The van der Waals surface area contributed by atoms with Crippen LogP contribution in [0.1, 0.15) is 23.6 Å². The summed E-state index contributed by atoms with van der Waals surface area (Å²) < 4.78 is 2.06. The SMILES string of the molecule is CCc1ccc(N2C(=O)NC(=O)C(=Cc3cn(Cc4ccc(Cl)cc4)c4ccccc34)C2=O)cc1. The van der Waals surface area contributed by atoms with E-state index < -0.39 is 17.8 Å². The van der Waals surface area contributed by atoms with E-state index in [1.807, 2.05) is 73.8 Å². The number of barbiturate groups is 1. The number of halogens is 1. The first kappa shape index (κ1) is 22.6. The molecule has 1 aromatic heterocycles. The number of hydrogen-bond acceptors (Lipinski definition) is 3. The van der Waals surface area contributed by atoms with Crippen molar-refractivity contribution in [1.29, 1.82) is 0 Å². The van der Waals surface area contributed by atoms with Gasteiger partial charge in [0.15, 0.2) is 0 Å². The molecule has 5 rings (SSSR count). The number of fused-ring (bicyclic) bond motifs is 1. The molecule has 4 aromatic rings. The highest BCUT2D eigenvalue weighted by molar-refractivity contribution is 6.39. The molecule has 1 saturated heterocycles. The summed E-state index contributed by atoms with van der Waals surface area (Å²) in [5, 5.41) is 3.86.